The van der Waals surface area contributed by atoms with Gasteiger partial charge in [-0.1, -0.05) is 23.2 Å². The SMILES string of the molecule is Nc1ccc(Nc2cc(Cl)ccc2Cl)c(C(F)(F)F)c1. The van der Waals surface area contributed by atoms with Crippen LogP contribution >= 0.6 is 23.2 Å². The molecule has 0 aliphatic rings. The summed E-state index contributed by atoms with van der Waals surface area (Å²) in [6.45, 7) is 0. The molecule has 0 fully saturated rings. The van der Waals surface area contributed by atoms with Crippen molar-refractivity contribution >= 4 is 40.3 Å². The van der Waals surface area contributed by atoms with Gasteiger partial charge in [0.15, 0.2) is 0 Å². The fourth-order valence-corrected chi connectivity index (χ4v) is 1.98. The fourth-order valence-electron chi connectivity index (χ4n) is 1.64. The zero-order valence-corrected chi connectivity index (χ0v) is 11.4. The van der Waals surface area contributed by atoms with Crippen molar-refractivity contribution in [3.63, 3.8) is 0 Å². The van der Waals surface area contributed by atoms with E-state index < -0.39 is 11.7 Å². The van der Waals surface area contributed by atoms with E-state index in [1.54, 1.807) is 6.07 Å². The highest BCUT2D eigenvalue weighted by molar-refractivity contribution is 6.35. The van der Waals surface area contributed by atoms with E-state index in [1.807, 2.05) is 0 Å². The summed E-state index contributed by atoms with van der Waals surface area (Å²) >= 11 is 11.7. The largest absolute Gasteiger partial charge is 0.418 e. The lowest BCUT2D eigenvalue weighted by Crippen LogP contribution is -2.09. The summed E-state index contributed by atoms with van der Waals surface area (Å²) in [5.74, 6) is 0. The van der Waals surface area contributed by atoms with E-state index in [1.165, 1.54) is 24.3 Å². The van der Waals surface area contributed by atoms with Crippen LogP contribution in [0.25, 0.3) is 0 Å². The normalized spacial score (nSPS) is 11.4. The van der Waals surface area contributed by atoms with Gasteiger partial charge in [0.25, 0.3) is 0 Å². The van der Waals surface area contributed by atoms with Crippen LogP contribution in [0.5, 0.6) is 0 Å². The van der Waals surface area contributed by atoms with Crippen LogP contribution in [-0.2, 0) is 6.18 Å². The Balaban J connectivity index is 2.46. The zero-order valence-electron chi connectivity index (χ0n) is 9.93. The number of halogens is 5. The summed E-state index contributed by atoms with van der Waals surface area (Å²) < 4.78 is 38.9. The van der Waals surface area contributed by atoms with Crippen molar-refractivity contribution in [1.29, 1.82) is 0 Å². The molecule has 7 heteroatoms. The molecule has 0 aliphatic carbocycles. The molecule has 2 aromatic carbocycles. The third kappa shape index (κ3) is 3.29. The summed E-state index contributed by atoms with van der Waals surface area (Å²) in [4.78, 5) is 0. The Morgan fingerprint density at radius 3 is 2.30 bits per heavy atom. The molecule has 2 aromatic rings. The molecule has 2 rings (SSSR count). The molecular weight excluding hydrogens is 312 g/mol. The van der Waals surface area contributed by atoms with Crippen molar-refractivity contribution < 1.29 is 13.2 Å². The quantitative estimate of drug-likeness (QED) is 0.733. The smallest absolute Gasteiger partial charge is 0.399 e. The van der Waals surface area contributed by atoms with E-state index >= 15 is 0 Å². The van der Waals surface area contributed by atoms with Gasteiger partial charge >= 0.3 is 6.18 Å². The second-order valence-corrected chi connectivity index (χ2v) is 4.90. The van der Waals surface area contributed by atoms with Gasteiger partial charge in [0.2, 0.25) is 0 Å². The molecule has 0 spiro atoms. The molecule has 3 N–H and O–H groups in total. The topological polar surface area (TPSA) is 38.0 Å². The molecule has 2 nitrogen and oxygen atoms in total. The Kier molecular flexibility index (Phi) is 4.01. The average molecular weight is 321 g/mol. The maximum absolute atomic E-state index is 13.0. The summed E-state index contributed by atoms with van der Waals surface area (Å²) in [6, 6.07) is 7.96. The molecule has 0 amide bonds. The summed E-state index contributed by atoms with van der Waals surface area (Å²) in [5, 5.41) is 3.25. The van der Waals surface area contributed by atoms with Crippen LogP contribution in [0, 0.1) is 0 Å². The number of anilines is 3. The molecule has 0 aromatic heterocycles. The minimum absolute atomic E-state index is 0.0278. The fraction of sp³-hybridized carbons (Fsp3) is 0.0769. The molecule has 0 saturated carbocycles. The van der Waals surface area contributed by atoms with E-state index in [0.717, 1.165) is 6.07 Å². The van der Waals surface area contributed by atoms with E-state index in [-0.39, 0.29) is 22.1 Å². The Bertz CT molecular complexity index is 642. The van der Waals surface area contributed by atoms with Gasteiger partial charge in [0.05, 0.1) is 22.0 Å². The van der Waals surface area contributed by atoms with Gasteiger partial charge in [-0.05, 0) is 36.4 Å². The number of hydrogen-bond donors (Lipinski definition) is 2. The monoisotopic (exact) mass is 320 g/mol. The van der Waals surface area contributed by atoms with Gasteiger partial charge in [-0.15, -0.1) is 0 Å². The number of benzene rings is 2. The van der Waals surface area contributed by atoms with Crippen LogP contribution in [0.2, 0.25) is 10.0 Å². The second-order valence-electron chi connectivity index (χ2n) is 4.05. The molecule has 0 unspecified atom stereocenters. The first-order valence-electron chi connectivity index (χ1n) is 5.46. The number of nitrogens with two attached hydrogens (primary N) is 1. The van der Waals surface area contributed by atoms with Gasteiger partial charge in [-0.3, -0.25) is 0 Å². The van der Waals surface area contributed by atoms with Crippen LogP contribution in [-0.4, -0.2) is 0 Å². The first-order valence-corrected chi connectivity index (χ1v) is 6.22. The summed E-state index contributed by atoms with van der Waals surface area (Å²) in [6.07, 6.45) is -4.53. The minimum Gasteiger partial charge on any atom is -0.399 e. The van der Waals surface area contributed by atoms with Gasteiger partial charge < -0.3 is 11.1 Å². The standard InChI is InChI=1S/C13H9Cl2F3N2/c14-7-1-3-10(15)12(5-7)20-11-4-2-8(19)6-9(11)13(16,17)18/h1-6,20H,19H2. The lowest BCUT2D eigenvalue weighted by Gasteiger charge is -2.16. The van der Waals surface area contributed by atoms with Crippen LogP contribution < -0.4 is 11.1 Å². The average Bonchev–Trinajstić information content (AvgIpc) is 2.34. The Hall–Kier alpha value is -1.59. The highest BCUT2D eigenvalue weighted by Crippen LogP contribution is 2.38. The van der Waals surface area contributed by atoms with Crippen molar-refractivity contribution in [2.45, 2.75) is 6.18 Å². The van der Waals surface area contributed by atoms with E-state index in [9.17, 15) is 13.2 Å². The first-order chi connectivity index (χ1) is 9.27. The predicted molar refractivity (Wildman–Crippen MR) is 75.6 cm³/mol. The third-order valence-corrected chi connectivity index (χ3v) is 3.11. The van der Waals surface area contributed by atoms with Crippen LogP contribution in [0.15, 0.2) is 36.4 Å². The van der Waals surface area contributed by atoms with Crippen molar-refractivity contribution in [2.24, 2.45) is 0 Å². The molecule has 0 bridgehead atoms. The maximum atomic E-state index is 13.0. The Morgan fingerprint density at radius 1 is 0.950 bits per heavy atom. The molecule has 0 saturated heterocycles. The third-order valence-electron chi connectivity index (χ3n) is 2.55. The lowest BCUT2D eigenvalue weighted by atomic mass is 10.1. The predicted octanol–water partition coefficient (Wildman–Crippen LogP) is 5.34. The maximum Gasteiger partial charge on any atom is 0.418 e. The van der Waals surface area contributed by atoms with Gasteiger partial charge in [-0.2, -0.15) is 13.2 Å². The molecule has 0 atom stereocenters. The van der Waals surface area contributed by atoms with E-state index in [4.69, 9.17) is 28.9 Å². The number of nitrogen functional groups attached to an aromatic ring is 1. The number of rotatable bonds is 2. The van der Waals surface area contributed by atoms with Crippen molar-refractivity contribution in [1.82, 2.24) is 0 Å². The van der Waals surface area contributed by atoms with E-state index in [0.29, 0.717) is 5.02 Å². The van der Waals surface area contributed by atoms with Gasteiger partial charge in [0, 0.05) is 10.7 Å². The highest BCUT2D eigenvalue weighted by atomic mass is 35.5. The van der Waals surface area contributed by atoms with Crippen LogP contribution in [0.1, 0.15) is 5.56 Å². The van der Waals surface area contributed by atoms with Crippen LogP contribution in [0.4, 0.5) is 30.2 Å². The summed E-state index contributed by atoms with van der Waals surface area (Å²) in [5.41, 5.74) is 4.70. The molecule has 0 aliphatic heterocycles. The Labute approximate surface area is 123 Å². The highest BCUT2D eigenvalue weighted by Gasteiger charge is 2.33. The first kappa shape index (κ1) is 14.8. The van der Waals surface area contributed by atoms with Crippen molar-refractivity contribution in [3.05, 3.63) is 52.0 Å². The Morgan fingerprint density at radius 2 is 1.65 bits per heavy atom. The molecular formula is C13H9Cl2F3N2. The number of hydrogen-bond acceptors (Lipinski definition) is 2. The molecule has 106 valence electrons. The van der Waals surface area contributed by atoms with Crippen molar-refractivity contribution in [3.8, 4) is 0 Å². The van der Waals surface area contributed by atoms with E-state index in [2.05, 4.69) is 5.32 Å². The number of nitrogens with one attached hydrogen (secondary N) is 1. The second kappa shape index (κ2) is 5.42. The molecule has 20 heavy (non-hydrogen) atoms. The number of alkyl halides is 3. The van der Waals surface area contributed by atoms with Crippen LogP contribution in [0.3, 0.4) is 0 Å². The van der Waals surface area contributed by atoms with Crippen molar-refractivity contribution in [2.75, 3.05) is 11.1 Å². The van der Waals surface area contributed by atoms with Gasteiger partial charge in [-0.25, -0.2) is 0 Å². The zero-order chi connectivity index (χ0) is 14.9. The molecule has 0 heterocycles. The lowest BCUT2D eigenvalue weighted by molar-refractivity contribution is -0.136. The minimum atomic E-state index is -4.53. The summed E-state index contributed by atoms with van der Waals surface area (Å²) in [7, 11) is 0. The van der Waals surface area contributed by atoms with Gasteiger partial charge in [0.1, 0.15) is 0 Å². The molecule has 0 radical (unpaired) electrons.